The molecule has 4 rings (SSSR count). The van der Waals surface area contributed by atoms with Crippen LogP contribution in [0.25, 0.3) is 5.69 Å². The van der Waals surface area contributed by atoms with Crippen LogP contribution in [0.15, 0.2) is 84.0 Å². The Balaban J connectivity index is 1.55. The number of para-hydroxylation sites is 3. The van der Waals surface area contributed by atoms with Gasteiger partial charge < -0.3 is 10.1 Å². The van der Waals surface area contributed by atoms with Crippen LogP contribution < -0.4 is 10.1 Å². The number of thioether (sulfide) groups is 1. The van der Waals surface area contributed by atoms with Gasteiger partial charge in [0, 0.05) is 11.4 Å². The van der Waals surface area contributed by atoms with Crippen molar-refractivity contribution >= 4 is 23.4 Å². The minimum Gasteiger partial charge on any atom is -0.480 e. The fraction of sp³-hybridized carbons (Fsp3) is 0.222. The summed E-state index contributed by atoms with van der Waals surface area (Å²) in [5, 5.41) is 12.2. The van der Waals surface area contributed by atoms with Gasteiger partial charge in [0.15, 0.2) is 28.7 Å². The van der Waals surface area contributed by atoms with Crippen LogP contribution in [0.1, 0.15) is 44.2 Å². The molecule has 1 atom stereocenters. The molecule has 1 heterocycles. The highest BCUT2D eigenvalue weighted by Crippen LogP contribution is 2.29. The van der Waals surface area contributed by atoms with E-state index in [1.54, 1.807) is 25.1 Å². The van der Waals surface area contributed by atoms with E-state index in [0.29, 0.717) is 16.9 Å². The average molecular weight is 491 g/mol. The second kappa shape index (κ2) is 11.2. The van der Waals surface area contributed by atoms with Crippen molar-refractivity contribution in [3.63, 3.8) is 0 Å². The van der Waals surface area contributed by atoms with Crippen LogP contribution in [-0.4, -0.2) is 26.4 Å². The molecule has 1 unspecified atom stereocenters. The van der Waals surface area contributed by atoms with Crippen molar-refractivity contribution in [1.82, 2.24) is 14.8 Å². The molecular formula is C27H27FN4O2S. The molecule has 35 heavy (non-hydrogen) atoms. The van der Waals surface area contributed by atoms with E-state index in [4.69, 9.17) is 4.74 Å². The highest BCUT2D eigenvalue weighted by Gasteiger charge is 2.22. The zero-order chi connectivity index (χ0) is 24.8. The van der Waals surface area contributed by atoms with Crippen molar-refractivity contribution in [1.29, 1.82) is 0 Å². The van der Waals surface area contributed by atoms with E-state index < -0.39 is 11.9 Å². The predicted molar refractivity (Wildman–Crippen MR) is 137 cm³/mol. The summed E-state index contributed by atoms with van der Waals surface area (Å²) < 4.78 is 21.8. The number of nitrogens with one attached hydrogen (secondary N) is 1. The van der Waals surface area contributed by atoms with E-state index in [2.05, 4.69) is 29.4 Å². The number of hydrogen-bond acceptors (Lipinski definition) is 5. The van der Waals surface area contributed by atoms with E-state index in [1.165, 1.54) is 17.8 Å². The normalized spacial score (nSPS) is 11.9. The summed E-state index contributed by atoms with van der Waals surface area (Å²) in [6.07, 6.45) is -0.583. The summed E-state index contributed by atoms with van der Waals surface area (Å²) in [5.74, 6) is 0.507. The Kier molecular flexibility index (Phi) is 7.82. The van der Waals surface area contributed by atoms with Crippen molar-refractivity contribution < 1.29 is 13.9 Å². The summed E-state index contributed by atoms with van der Waals surface area (Å²) in [6.45, 7) is 5.97. The van der Waals surface area contributed by atoms with Gasteiger partial charge in [-0.25, -0.2) is 4.39 Å². The number of rotatable bonds is 9. The fourth-order valence-corrected chi connectivity index (χ4v) is 4.43. The Bertz CT molecular complexity index is 1290. The van der Waals surface area contributed by atoms with Gasteiger partial charge in [0.2, 0.25) is 5.91 Å². The standard InChI is InChI=1S/C27H27FN4O2S/c1-18(2)21-13-7-9-15-23(21)29-25(33)17-35-27-31-30-26(32(27)20-11-5-4-6-12-20)19(3)34-24-16-10-8-14-22(24)28/h4-16,18-19H,17H2,1-3H3,(H,29,33). The number of carbonyl (C=O) groups is 1. The van der Waals surface area contributed by atoms with Crippen molar-refractivity contribution in [2.24, 2.45) is 0 Å². The van der Waals surface area contributed by atoms with Crippen LogP contribution in [-0.2, 0) is 4.79 Å². The molecule has 0 saturated carbocycles. The maximum Gasteiger partial charge on any atom is 0.234 e. The van der Waals surface area contributed by atoms with E-state index in [0.717, 1.165) is 16.9 Å². The van der Waals surface area contributed by atoms with Crippen molar-refractivity contribution in [2.45, 2.75) is 37.9 Å². The quantitative estimate of drug-likeness (QED) is 0.275. The summed E-state index contributed by atoms with van der Waals surface area (Å²) in [4.78, 5) is 12.8. The van der Waals surface area contributed by atoms with E-state index in [-0.39, 0.29) is 17.4 Å². The smallest absolute Gasteiger partial charge is 0.234 e. The van der Waals surface area contributed by atoms with Crippen LogP contribution in [0, 0.1) is 5.82 Å². The first-order chi connectivity index (χ1) is 16.9. The summed E-state index contributed by atoms with van der Waals surface area (Å²) >= 11 is 1.28. The van der Waals surface area contributed by atoms with E-state index in [1.807, 2.05) is 59.2 Å². The highest BCUT2D eigenvalue weighted by molar-refractivity contribution is 7.99. The molecule has 0 aliphatic heterocycles. The fourth-order valence-electron chi connectivity index (χ4n) is 3.67. The second-order valence-corrected chi connectivity index (χ2v) is 9.22. The zero-order valence-electron chi connectivity index (χ0n) is 19.8. The number of carbonyl (C=O) groups excluding carboxylic acids is 1. The number of nitrogens with zero attached hydrogens (tertiary/aromatic N) is 3. The zero-order valence-corrected chi connectivity index (χ0v) is 20.6. The van der Waals surface area contributed by atoms with Crippen LogP contribution in [0.5, 0.6) is 5.75 Å². The monoisotopic (exact) mass is 490 g/mol. The largest absolute Gasteiger partial charge is 0.480 e. The number of benzene rings is 3. The number of ether oxygens (including phenoxy) is 1. The van der Waals surface area contributed by atoms with Crippen LogP contribution in [0.4, 0.5) is 10.1 Å². The van der Waals surface area contributed by atoms with Gasteiger partial charge in [-0.05, 0) is 48.7 Å². The summed E-state index contributed by atoms with van der Waals surface area (Å²) in [7, 11) is 0. The van der Waals surface area contributed by atoms with Gasteiger partial charge in [0.1, 0.15) is 0 Å². The molecule has 0 bridgehead atoms. The van der Waals surface area contributed by atoms with Gasteiger partial charge in [-0.3, -0.25) is 9.36 Å². The lowest BCUT2D eigenvalue weighted by Crippen LogP contribution is -2.16. The lowest BCUT2D eigenvalue weighted by Gasteiger charge is -2.17. The van der Waals surface area contributed by atoms with Crippen LogP contribution in [0.3, 0.4) is 0 Å². The van der Waals surface area contributed by atoms with E-state index in [9.17, 15) is 9.18 Å². The molecule has 3 aromatic carbocycles. The number of aromatic nitrogens is 3. The molecule has 0 aliphatic rings. The molecule has 1 aromatic heterocycles. The molecule has 0 radical (unpaired) electrons. The molecule has 4 aromatic rings. The first-order valence-corrected chi connectivity index (χ1v) is 12.4. The Morgan fingerprint density at radius 1 is 0.971 bits per heavy atom. The number of anilines is 1. The molecule has 6 nitrogen and oxygen atoms in total. The number of amides is 1. The Hall–Kier alpha value is -3.65. The molecule has 1 N–H and O–H groups in total. The van der Waals surface area contributed by atoms with Crippen LogP contribution >= 0.6 is 11.8 Å². The maximum atomic E-state index is 14.1. The molecule has 180 valence electrons. The number of hydrogen-bond donors (Lipinski definition) is 1. The van der Waals surface area contributed by atoms with Crippen molar-refractivity contribution in [2.75, 3.05) is 11.1 Å². The first-order valence-electron chi connectivity index (χ1n) is 11.4. The second-order valence-electron chi connectivity index (χ2n) is 8.28. The molecule has 0 saturated heterocycles. The minimum absolute atomic E-state index is 0.136. The van der Waals surface area contributed by atoms with E-state index >= 15 is 0 Å². The lowest BCUT2D eigenvalue weighted by atomic mass is 10.0. The average Bonchev–Trinajstić information content (AvgIpc) is 3.29. The molecule has 8 heteroatoms. The SMILES string of the molecule is CC(C)c1ccccc1NC(=O)CSc1nnc(C(C)Oc2ccccc2F)n1-c1ccccc1. The Morgan fingerprint density at radius 3 is 2.40 bits per heavy atom. The molecule has 0 fully saturated rings. The lowest BCUT2D eigenvalue weighted by molar-refractivity contribution is -0.113. The third kappa shape index (κ3) is 5.89. The summed E-state index contributed by atoms with van der Waals surface area (Å²) in [5.41, 5.74) is 2.72. The molecule has 0 aliphatic carbocycles. The third-order valence-electron chi connectivity index (χ3n) is 5.37. The molecular weight excluding hydrogens is 463 g/mol. The van der Waals surface area contributed by atoms with Gasteiger partial charge in [-0.1, -0.05) is 74.1 Å². The Labute approximate surface area is 208 Å². The summed E-state index contributed by atoms with van der Waals surface area (Å²) in [6, 6.07) is 23.6. The van der Waals surface area contributed by atoms with Gasteiger partial charge in [0.25, 0.3) is 0 Å². The van der Waals surface area contributed by atoms with Crippen molar-refractivity contribution in [3.8, 4) is 11.4 Å². The van der Waals surface area contributed by atoms with Gasteiger partial charge in [-0.15, -0.1) is 10.2 Å². The number of halogens is 1. The van der Waals surface area contributed by atoms with Gasteiger partial charge in [0.05, 0.1) is 5.75 Å². The van der Waals surface area contributed by atoms with Gasteiger partial charge in [-0.2, -0.15) is 0 Å². The first kappa shape index (κ1) is 24.5. The Morgan fingerprint density at radius 2 is 1.66 bits per heavy atom. The highest BCUT2D eigenvalue weighted by atomic mass is 32.2. The third-order valence-corrected chi connectivity index (χ3v) is 6.29. The maximum absolute atomic E-state index is 14.1. The van der Waals surface area contributed by atoms with Gasteiger partial charge >= 0.3 is 0 Å². The van der Waals surface area contributed by atoms with Crippen LogP contribution in [0.2, 0.25) is 0 Å². The minimum atomic E-state index is -0.583. The topological polar surface area (TPSA) is 69.0 Å². The van der Waals surface area contributed by atoms with Crippen molar-refractivity contribution in [3.05, 3.63) is 96.1 Å². The molecule has 1 amide bonds. The predicted octanol–water partition coefficient (Wildman–Crippen LogP) is 6.40. The molecule has 0 spiro atoms.